The Bertz CT molecular complexity index is 489. The van der Waals surface area contributed by atoms with Gasteiger partial charge in [0, 0.05) is 22.7 Å². The van der Waals surface area contributed by atoms with Crippen molar-refractivity contribution in [2.75, 3.05) is 19.7 Å². The van der Waals surface area contributed by atoms with E-state index in [1.54, 1.807) is 11.3 Å². The summed E-state index contributed by atoms with van der Waals surface area (Å²) in [6, 6.07) is 8.21. The molecule has 0 unspecified atom stereocenters. The Kier molecular flexibility index (Phi) is 4.10. The van der Waals surface area contributed by atoms with E-state index in [1.165, 1.54) is 17.7 Å². The summed E-state index contributed by atoms with van der Waals surface area (Å²) >= 11 is 1.73. The van der Waals surface area contributed by atoms with Crippen LogP contribution in [0.3, 0.4) is 0 Å². The molecule has 0 saturated carbocycles. The van der Waals surface area contributed by atoms with E-state index in [0.717, 1.165) is 31.1 Å². The van der Waals surface area contributed by atoms with Gasteiger partial charge in [0.1, 0.15) is 0 Å². The van der Waals surface area contributed by atoms with Gasteiger partial charge in [-0.3, -0.25) is 0 Å². The minimum Gasteiger partial charge on any atom is -0.477 e. The van der Waals surface area contributed by atoms with Crippen molar-refractivity contribution in [3.63, 3.8) is 0 Å². The molecule has 3 heterocycles. The van der Waals surface area contributed by atoms with Gasteiger partial charge in [0.05, 0.1) is 6.61 Å². The first kappa shape index (κ1) is 12.6. The first-order valence-electron chi connectivity index (χ1n) is 6.75. The number of piperidine rings is 1. The van der Waals surface area contributed by atoms with Gasteiger partial charge in [-0.15, -0.1) is 11.3 Å². The van der Waals surface area contributed by atoms with Crippen molar-refractivity contribution in [2.24, 2.45) is 5.92 Å². The van der Waals surface area contributed by atoms with E-state index in [9.17, 15) is 0 Å². The SMILES string of the molecule is c1csc(-c2ccc(OCC3CCNCC3)nc2)c1. The zero-order chi connectivity index (χ0) is 12.9. The predicted molar refractivity (Wildman–Crippen MR) is 78.6 cm³/mol. The second-order valence-corrected chi connectivity index (χ2v) is 5.81. The van der Waals surface area contributed by atoms with Gasteiger partial charge in [-0.2, -0.15) is 0 Å². The molecule has 0 bridgehead atoms. The summed E-state index contributed by atoms with van der Waals surface area (Å²) in [7, 11) is 0. The molecule has 1 aliphatic heterocycles. The third kappa shape index (κ3) is 3.33. The first-order chi connectivity index (χ1) is 9.42. The van der Waals surface area contributed by atoms with E-state index in [2.05, 4.69) is 33.9 Å². The first-order valence-corrected chi connectivity index (χ1v) is 7.63. The van der Waals surface area contributed by atoms with E-state index in [4.69, 9.17) is 4.74 Å². The zero-order valence-electron chi connectivity index (χ0n) is 10.8. The molecule has 0 amide bonds. The maximum Gasteiger partial charge on any atom is 0.213 e. The van der Waals surface area contributed by atoms with Crippen molar-refractivity contribution in [1.82, 2.24) is 10.3 Å². The fourth-order valence-corrected chi connectivity index (χ4v) is 3.02. The van der Waals surface area contributed by atoms with E-state index < -0.39 is 0 Å². The topological polar surface area (TPSA) is 34.1 Å². The van der Waals surface area contributed by atoms with E-state index >= 15 is 0 Å². The van der Waals surface area contributed by atoms with Crippen molar-refractivity contribution in [3.8, 4) is 16.3 Å². The molecule has 2 aromatic rings. The molecule has 1 fully saturated rings. The Morgan fingerprint density at radius 3 is 2.84 bits per heavy atom. The molecule has 4 heteroatoms. The highest BCUT2D eigenvalue weighted by atomic mass is 32.1. The average Bonchev–Trinajstić information content (AvgIpc) is 3.01. The molecular formula is C15H18N2OS. The van der Waals surface area contributed by atoms with Crippen LogP contribution in [0, 0.1) is 5.92 Å². The van der Waals surface area contributed by atoms with Crippen molar-refractivity contribution in [2.45, 2.75) is 12.8 Å². The molecule has 3 nitrogen and oxygen atoms in total. The van der Waals surface area contributed by atoms with E-state index in [0.29, 0.717) is 5.92 Å². The number of rotatable bonds is 4. The fraction of sp³-hybridized carbons (Fsp3) is 0.400. The standard InChI is InChI=1S/C15H18N2OS/c1-2-14(19-9-1)13-3-4-15(17-10-13)18-11-12-5-7-16-8-6-12/h1-4,9-10,12,16H,5-8,11H2. The Balaban J connectivity index is 1.57. The largest absolute Gasteiger partial charge is 0.477 e. The highest BCUT2D eigenvalue weighted by Crippen LogP contribution is 2.25. The molecule has 100 valence electrons. The smallest absolute Gasteiger partial charge is 0.213 e. The van der Waals surface area contributed by atoms with Crippen LogP contribution >= 0.6 is 11.3 Å². The summed E-state index contributed by atoms with van der Waals surface area (Å²) in [5, 5.41) is 5.45. The van der Waals surface area contributed by atoms with Gasteiger partial charge < -0.3 is 10.1 Å². The van der Waals surface area contributed by atoms with E-state index in [1.807, 2.05) is 12.3 Å². The van der Waals surface area contributed by atoms with Gasteiger partial charge in [-0.25, -0.2) is 4.98 Å². The van der Waals surface area contributed by atoms with Crippen LogP contribution < -0.4 is 10.1 Å². The number of aromatic nitrogens is 1. The van der Waals surface area contributed by atoms with Crippen molar-refractivity contribution in [1.29, 1.82) is 0 Å². The summed E-state index contributed by atoms with van der Waals surface area (Å²) in [5.74, 6) is 1.40. The van der Waals surface area contributed by atoms with Gasteiger partial charge >= 0.3 is 0 Å². The van der Waals surface area contributed by atoms with Crippen LogP contribution in [0.1, 0.15) is 12.8 Å². The molecule has 1 aliphatic rings. The maximum atomic E-state index is 5.78. The lowest BCUT2D eigenvalue weighted by atomic mass is 9.99. The van der Waals surface area contributed by atoms with Crippen LogP contribution in [-0.4, -0.2) is 24.7 Å². The Morgan fingerprint density at radius 1 is 1.26 bits per heavy atom. The lowest BCUT2D eigenvalue weighted by Gasteiger charge is -2.22. The normalized spacial score (nSPS) is 16.4. The predicted octanol–water partition coefficient (Wildman–Crippen LogP) is 3.19. The van der Waals surface area contributed by atoms with Crippen molar-refractivity contribution >= 4 is 11.3 Å². The van der Waals surface area contributed by atoms with Crippen molar-refractivity contribution in [3.05, 3.63) is 35.8 Å². The summed E-state index contributed by atoms with van der Waals surface area (Å²) in [4.78, 5) is 5.64. The molecule has 2 aromatic heterocycles. The molecule has 1 saturated heterocycles. The van der Waals surface area contributed by atoms with Gasteiger partial charge in [-0.05, 0) is 49.4 Å². The Labute approximate surface area is 117 Å². The fourth-order valence-electron chi connectivity index (χ4n) is 2.31. The minimum absolute atomic E-state index is 0.667. The molecule has 1 N–H and O–H groups in total. The van der Waals surface area contributed by atoms with Crippen LogP contribution in [0.4, 0.5) is 0 Å². The minimum atomic E-state index is 0.667. The van der Waals surface area contributed by atoms with Crippen molar-refractivity contribution < 1.29 is 4.74 Å². The summed E-state index contributed by atoms with van der Waals surface area (Å²) in [6.07, 6.45) is 4.30. The monoisotopic (exact) mass is 274 g/mol. The van der Waals surface area contributed by atoms with Crippen LogP contribution in [0.25, 0.3) is 10.4 Å². The molecule has 0 spiro atoms. The van der Waals surface area contributed by atoms with Gasteiger partial charge in [0.25, 0.3) is 0 Å². The third-order valence-corrected chi connectivity index (χ3v) is 4.39. The number of hydrogen-bond donors (Lipinski definition) is 1. The summed E-state index contributed by atoms with van der Waals surface area (Å²) in [6.45, 7) is 3.00. The van der Waals surface area contributed by atoms with Crippen LogP contribution in [0.2, 0.25) is 0 Å². The second-order valence-electron chi connectivity index (χ2n) is 4.87. The lowest BCUT2D eigenvalue weighted by Crippen LogP contribution is -2.30. The number of hydrogen-bond acceptors (Lipinski definition) is 4. The van der Waals surface area contributed by atoms with Crippen LogP contribution in [-0.2, 0) is 0 Å². The van der Waals surface area contributed by atoms with Crippen LogP contribution in [0.15, 0.2) is 35.8 Å². The number of pyridine rings is 1. The quantitative estimate of drug-likeness (QED) is 0.929. The highest BCUT2D eigenvalue weighted by molar-refractivity contribution is 7.13. The molecular weight excluding hydrogens is 256 g/mol. The number of nitrogens with zero attached hydrogens (tertiary/aromatic N) is 1. The third-order valence-electron chi connectivity index (χ3n) is 3.47. The van der Waals surface area contributed by atoms with Gasteiger partial charge in [0.2, 0.25) is 5.88 Å². The Morgan fingerprint density at radius 2 is 2.16 bits per heavy atom. The number of nitrogens with one attached hydrogen (secondary N) is 1. The lowest BCUT2D eigenvalue weighted by molar-refractivity contribution is 0.209. The molecule has 19 heavy (non-hydrogen) atoms. The maximum absolute atomic E-state index is 5.78. The second kappa shape index (κ2) is 6.17. The highest BCUT2D eigenvalue weighted by Gasteiger charge is 2.13. The summed E-state index contributed by atoms with van der Waals surface area (Å²) in [5.41, 5.74) is 1.16. The summed E-state index contributed by atoms with van der Waals surface area (Å²) < 4.78 is 5.78. The number of thiophene rings is 1. The molecule has 0 atom stereocenters. The van der Waals surface area contributed by atoms with E-state index in [-0.39, 0.29) is 0 Å². The molecule has 3 rings (SSSR count). The zero-order valence-corrected chi connectivity index (χ0v) is 11.7. The average molecular weight is 274 g/mol. The molecule has 0 aliphatic carbocycles. The van der Waals surface area contributed by atoms with Crippen LogP contribution in [0.5, 0.6) is 5.88 Å². The number of ether oxygens (including phenoxy) is 1. The molecule has 0 aromatic carbocycles. The Hall–Kier alpha value is -1.39. The van der Waals surface area contributed by atoms with Gasteiger partial charge in [0.15, 0.2) is 0 Å². The van der Waals surface area contributed by atoms with Gasteiger partial charge in [-0.1, -0.05) is 6.07 Å². The molecule has 0 radical (unpaired) electrons.